The third-order valence-corrected chi connectivity index (χ3v) is 3.21. The van der Waals surface area contributed by atoms with Crippen LogP contribution in [0.25, 0.3) is 0 Å². The second-order valence-corrected chi connectivity index (χ2v) is 4.42. The van der Waals surface area contributed by atoms with E-state index in [0.29, 0.717) is 12.3 Å². The van der Waals surface area contributed by atoms with Crippen molar-refractivity contribution in [3.8, 4) is 6.07 Å². The van der Waals surface area contributed by atoms with Gasteiger partial charge in [0.15, 0.2) is 0 Å². The molecule has 84 valence electrons. The summed E-state index contributed by atoms with van der Waals surface area (Å²) in [7, 11) is 0. The van der Waals surface area contributed by atoms with Crippen LogP contribution in [0.2, 0.25) is 0 Å². The Morgan fingerprint density at radius 2 is 2.27 bits per heavy atom. The number of hydrogen-bond acceptors (Lipinski definition) is 2. The summed E-state index contributed by atoms with van der Waals surface area (Å²) >= 11 is 0. The third-order valence-electron chi connectivity index (χ3n) is 3.21. The van der Waals surface area contributed by atoms with Gasteiger partial charge in [-0.2, -0.15) is 5.26 Å². The Balaban J connectivity index is 2.11. The van der Waals surface area contributed by atoms with Crippen molar-refractivity contribution in [2.75, 3.05) is 6.54 Å². The van der Waals surface area contributed by atoms with Gasteiger partial charge in [0.2, 0.25) is 5.91 Å². The zero-order valence-corrected chi connectivity index (χ0v) is 9.46. The van der Waals surface area contributed by atoms with Crippen LogP contribution in [0.3, 0.4) is 0 Å². The summed E-state index contributed by atoms with van der Waals surface area (Å²) in [6.07, 6.45) is 5.82. The van der Waals surface area contributed by atoms with Crippen molar-refractivity contribution in [2.24, 2.45) is 11.8 Å². The molecule has 0 spiro atoms. The van der Waals surface area contributed by atoms with Crippen LogP contribution >= 0.6 is 0 Å². The van der Waals surface area contributed by atoms with E-state index in [1.807, 2.05) is 0 Å². The molecular weight excluding hydrogens is 188 g/mol. The lowest BCUT2D eigenvalue weighted by Gasteiger charge is -2.14. The molecule has 0 saturated heterocycles. The molecule has 2 unspecified atom stereocenters. The zero-order chi connectivity index (χ0) is 11.1. The van der Waals surface area contributed by atoms with Crippen molar-refractivity contribution in [2.45, 2.75) is 45.4 Å². The maximum absolute atomic E-state index is 11.7. The summed E-state index contributed by atoms with van der Waals surface area (Å²) < 4.78 is 0. The Labute approximate surface area is 91.9 Å². The number of rotatable bonds is 5. The standard InChI is InChI=1S/C12H20N2O/c1-10-6-5-7-11(10)12(15)14-9-4-2-3-8-13/h10-11H,2-7,9H2,1H3,(H,14,15). The summed E-state index contributed by atoms with van der Waals surface area (Å²) in [6.45, 7) is 2.89. The van der Waals surface area contributed by atoms with Crippen LogP contribution in [0.4, 0.5) is 0 Å². The Bertz CT molecular complexity index is 244. The van der Waals surface area contributed by atoms with Gasteiger partial charge in [-0.1, -0.05) is 13.3 Å². The number of nitrogens with zero attached hydrogens (tertiary/aromatic N) is 1. The van der Waals surface area contributed by atoms with Crippen LogP contribution in [0.5, 0.6) is 0 Å². The molecular formula is C12H20N2O. The largest absolute Gasteiger partial charge is 0.356 e. The quantitative estimate of drug-likeness (QED) is 0.704. The van der Waals surface area contributed by atoms with Crippen molar-refractivity contribution in [3.63, 3.8) is 0 Å². The molecule has 15 heavy (non-hydrogen) atoms. The smallest absolute Gasteiger partial charge is 0.223 e. The summed E-state index contributed by atoms with van der Waals surface area (Å²) in [5.74, 6) is 1.00. The van der Waals surface area contributed by atoms with Gasteiger partial charge in [0.1, 0.15) is 0 Å². The van der Waals surface area contributed by atoms with E-state index in [1.54, 1.807) is 0 Å². The van der Waals surface area contributed by atoms with E-state index >= 15 is 0 Å². The van der Waals surface area contributed by atoms with Crippen LogP contribution in [0.15, 0.2) is 0 Å². The fraction of sp³-hybridized carbons (Fsp3) is 0.833. The number of carbonyl (C=O) groups excluding carboxylic acids is 1. The maximum Gasteiger partial charge on any atom is 0.223 e. The average Bonchev–Trinajstić information content (AvgIpc) is 2.64. The van der Waals surface area contributed by atoms with E-state index < -0.39 is 0 Å². The van der Waals surface area contributed by atoms with Crippen LogP contribution < -0.4 is 5.32 Å². The third kappa shape index (κ3) is 3.91. The molecule has 3 heteroatoms. The number of nitriles is 1. The Morgan fingerprint density at radius 1 is 1.47 bits per heavy atom. The SMILES string of the molecule is CC1CCCC1C(=O)NCCCCC#N. The molecule has 1 rings (SSSR count). The molecule has 1 aliphatic rings. The van der Waals surface area contributed by atoms with Crippen molar-refractivity contribution in [1.82, 2.24) is 5.32 Å². The molecule has 3 nitrogen and oxygen atoms in total. The fourth-order valence-corrected chi connectivity index (χ4v) is 2.21. The van der Waals surface area contributed by atoms with E-state index in [1.165, 1.54) is 12.8 Å². The minimum absolute atomic E-state index is 0.219. The van der Waals surface area contributed by atoms with Gasteiger partial charge >= 0.3 is 0 Å². The second kappa shape index (κ2) is 6.44. The van der Waals surface area contributed by atoms with Crippen LogP contribution in [-0.4, -0.2) is 12.5 Å². The summed E-state index contributed by atoms with van der Waals surface area (Å²) in [5.41, 5.74) is 0. The summed E-state index contributed by atoms with van der Waals surface area (Å²) in [5, 5.41) is 11.3. The minimum atomic E-state index is 0.219. The minimum Gasteiger partial charge on any atom is -0.356 e. The van der Waals surface area contributed by atoms with Gasteiger partial charge in [0, 0.05) is 18.9 Å². The topological polar surface area (TPSA) is 52.9 Å². The van der Waals surface area contributed by atoms with Gasteiger partial charge in [-0.15, -0.1) is 0 Å². The van der Waals surface area contributed by atoms with Crippen LogP contribution in [-0.2, 0) is 4.79 Å². The highest BCUT2D eigenvalue weighted by Crippen LogP contribution is 2.30. The summed E-state index contributed by atoms with van der Waals surface area (Å²) in [4.78, 5) is 11.7. The molecule has 0 aromatic rings. The van der Waals surface area contributed by atoms with Crippen molar-refractivity contribution < 1.29 is 4.79 Å². The Kier molecular flexibility index (Phi) is 5.17. The van der Waals surface area contributed by atoms with E-state index in [9.17, 15) is 4.79 Å². The van der Waals surface area contributed by atoms with Crippen molar-refractivity contribution in [3.05, 3.63) is 0 Å². The maximum atomic E-state index is 11.7. The summed E-state index contributed by atoms with van der Waals surface area (Å²) in [6, 6.07) is 2.11. The Morgan fingerprint density at radius 3 is 2.87 bits per heavy atom. The number of amides is 1. The first kappa shape index (κ1) is 12.0. The number of carbonyl (C=O) groups is 1. The van der Waals surface area contributed by atoms with E-state index in [0.717, 1.165) is 25.8 Å². The molecule has 1 aliphatic carbocycles. The molecule has 0 heterocycles. The molecule has 1 saturated carbocycles. The van der Waals surface area contributed by atoms with E-state index in [2.05, 4.69) is 18.3 Å². The molecule has 0 bridgehead atoms. The monoisotopic (exact) mass is 208 g/mol. The number of hydrogen-bond donors (Lipinski definition) is 1. The average molecular weight is 208 g/mol. The van der Waals surface area contributed by atoms with Crippen molar-refractivity contribution in [1.29, 1.82) is 5.26 Å². The van der Waals surface area contributed by atoms with Gasteiger partial charge in [0.25, 0.3) is 0 Å². The molecule has 0 radical (unpaired) electrons. The lowest BCUT2D eigenvalue weighted by molar-refractivity contribution is -0.125. The molecule has 1 N–H and O–H groups in total. The van der Waals surface area contributed by atoms with E-state index in [-0.39, 0.29) is 11.8 Å². The second-order valence-electron chi connectivity index (χ2n) is 4.42. The first-order valence-corrected chi connectivity index (χ1v) is 5.90. The molecule has 1 fully saturated rings. The molecule has 0 aromatic carbocycles. The van der Waals surface area contributed by atoms with Crippen LogP contribution in [0, 0.1) is 23.2 Å². The van der Waals surface area contributed by atoms with Gasteiger partial charge < -0.3 is 5.32 Å². The van der Waals surface area contributed by atoms with Gasteiger partial charge in [-0.25, -0.2) is 0 Å². The lowest BCUT2D eigenvalue weighted by Crippen LogP contribution is -2.32. The predicted molar refractivity (Wildman–Crippen MR) is 59.0 cm³/mol. The number of nitrogens with one attached hydrogen (secondary N) is 1. The van der Waals surface area contributed by atoms with Crippen molar-refractivity contribution >= 4 is 5.91 Å². The van der Waals surface area contributed by atoms with E-state index in [4.69, 9.17) is 5.26 Å². The van der Waals surface area contributed by atoms with Gasteiger partial charge in [0.05, 0.1) is 6.07 Å². The van der Waals surface area contributed by atoms with Gasteiger partial charge in [-0.05, 0) is 31.6 Å². The molecule has 0 aromatic heterocycles. The normalized spacial score (nSPS) is 24.8. The fourth-order valence-electron chi connectivity index (χ4n) is 2.21. The highest BCUT2D eigenvalue weighted by molar-refractivity contribution is 5.79. The van der Waals surface area contributed by atoms with Crippen LogP contribution in [0.1, 0.15) is 45.4 Å². The first-order chi connectivity index (χ1) is 7.25. The molecule has 0 aliphatic heterocycles. The molecule has 2 atom stereocenters. The Hall–Kier alpha value is -1.04. The highest BCUT2D eigenvalue weighted by atomic mass is 16.1. The highest BCUT2D eigenvalue weighted by Gasteiger charge is 2.29. The number of unbranched alkanes of at least 4 members (excludes halogenated alkanes) is 2. The predicted octanol–water partition coefficient (Wildman–Crippen LogP) is 2.23. The lowest BCUT2D eigenvalue weighted by atomic mass is 9.97. The zero-order valence-electron chi connectivity index (χ0n) is 9.46. The molecule has 1 amide bonds. The van der Waals surface area contributed by atoms with Gasteiger partial charge in [-0.3, -0.25) is 4.79 Å². The first-order valence-electron chi connectivity index (χ1n) is 5.90.